The van der Waals surface area contributed by atoms with E-state index in [1.165, 1.54) is 14.2 Å². The van der Waals surface area contributed by atoms with Gasteiger partial charge in [-0.3, -0.25) is 9.05 Å². The summed E-state index contributed by atoms with van der Waals surface area (Å²) in [7, 11) is -0.294. The topological polar surface area (TPSA) is 38.8 Å². The molecule has 1 heterocycles. The van der Waals surface area contributed by atoms with E-state index in [-0.39, 0.29) is 6.04 Å². The lowest BCUT2D eigenvalue weighted by atomic mass is 9.98. The van der Waals surface area contributed by atoms with Crippen molar-refractivity contribution < 1.29 is 13.6 Å². The molecule has 1 aliphatic rings. The van der Waals surface area contributed by atoms with Gasteiger partial charge in [0.2, 0.25) is 0 Å². The number of nitrogens with zero attached hydrogens (tertiary/aromatic N) is 1. The van der Waals surface area contributed by atoms with Gasteiger partial charge in [0.25, 0.3) is 0 Å². The van der Waals surface area contributed by atoms with Crippen LogP contribution in [0.25, 0.3) is 0 Å². The highest BCUT2D eigenvalue weighted by molar-refractivity contribution is 7.51. The van der Waals surface area contributed by atoms with E-state index in [0.29, 0.717) is 0 Å². The Bertz CT molecular complexity index is 416. The fourth-order valence-electron chi connectivity index (χ4n) is 2.42. The number of hydrogen-bond donors (Lipinski definition) is 0. The van der Waals surface area contributed by atoms with Crippen molar-refractivity contribution in [2.75, 3.05) is 20.8 Å². The van der Waals surface area contributed by atoms with Crippen LogP contribution in [0.2, 0.25) is 0 Å². The van der Waals surface area contributed by atoms with Gasteiger partial charge >= 0.3 is 7.75 Å². The summed E-state index contributed by atoms with van der Waals surface area (Å²) < 4.78 is 24.7. The molecule has 2 rings (SSSR count). The van der Waals surface area contributed by atoms with Gasteiger partial charge in [-0.25, -0.2) is 9.24 Å². The largest absolute Gasteiger partial charge is 0.408 e. The van der Waals surface area contributed by atoms with Crippen molar-refractivity contribution in [3.8, 4) is 0 Å². The zero-order valence-corrected chi connectivity index (χ0v) is 11.7. The Morgan fingerprint density at radius 2 is 2.11 bits per heavy atom. The molecule has 0 N–H and O–H groups in total. The van der Waals surface area contributed by atoms with E-state index in [2.05, 4.69) is 6.07 Å². The highest BCUT2D eigenvalue weighted by Crippen LogP contribution is 2.56. The summed E-state index contributed by atoms with van der Waals surface area (Å²) >= 11 is 0. The summed E-state index contributed by atoms with van der Waals surface area (Å²) in [5, 5.41) is 0. The molecule has 1 fully saturated rings. The number of benzene rings is 1. The van der Waals surface area contributed by atoms with Crippen LogP contribution in [-0.2, 0) is 13.6 Å². The van der Waals surface area contributed by atoms with Crippen LogP contribution in [0.1, 0.15) is 30.9 Å². The molecule has 18 heavy (non-hydrogen) atoms. The number of rotatable bonds is 4. The second kappa shape index (κ2) is 5.98. The van der Waals surface area contributed by atoms with Crippen LogP contribution in [0.15, 0.2) is 24.3 Å². The minimum Gasteiger partial charge on any atom is -0.300 e. The third-order valence-electron chi connectivity index (χ3n) is 3.34. The number of piperidine rings is 1. The second-order valence-corrected chi connectivity index (χ2v) is 6.51. The minimum atomic E-state index is -3.16. The molecule has 0 amide bonds. The Morgan fingerprint density at radius 3 is 2.72 bits per heavy atom. The molecule has 0 bridgehead atoms. The fraction of sp³-hybridized carbons (Fsp3) is 0.538. The first-order chi connectivity index (χ1) is 8.71. The van der Waals surface area contributed by atoms with Crippen LogP contribution in [0, 0.1) is 6.07 Å². The third-order valence-corrected chi connectivity index (χ3v) is 5.37. The van der Waals surface area contributed by atoms with Crippen LogP contribution >= 0.6 is 7.75 Å². The van der Waals surface area contributed by atoms with E-state index < -0.39 is 7.75 Å². The predicted octanol–water partition coefficient (Wildman–Crippen LogP) is 3.41. The van der Waals surface area contributed by atoms with Gasteiger partial charge in [0.05, 0.1) is 0 Å². The van der Waals surface area contributed by atoms with E-state index in [9.17, 15) is 4.57 Å². The quantitative estimate of drug-likeness (QED) is 0.784. The molecule has 4 nitrogen and oxygen atoms in total. The third kappa shape index (κ3) is 2.67. The maximum atomic E-state index is 12.6. The molecular weight excluding hydrogens is 249 g/mol. The molecule has 0 saturated carbocycles. The molecule has 5 heteroatoms. The molecular formula is C13H19NO3P. The predicted molar refractivity (Wildman–Crippen MR) is 70.2 cm³/mol. The zero-order valence-electron chi connectivity index (χ0n) is 10.8. The standard InChI is InChI=1S/C13H19NO3P/c1-16-18(15,17-2)14-11-7-6-10-13(14)12-8-4-3-5-9-12/h3-5,8,13H,6-7,10-11H2,1-2H3. The lowest BCUT2D eigenvalue weighted by molar-refractivity contribution is 0.156. The van der Waals surface area contributed by atoms with Gasteiger partial charge in [0, 0.05) is 26.8 Å². The Hall–Kier alpha value is -0.670. The first-order valence-corrected chi connectivity index (χ1v) is 7.66. The van der Waals surface area contributed by atoms with Gasteiger partial charge in [-0.05, 0) is 24.5 Å². The van der Waals surface area contributed by atoms with Gasteiger partial charge in [-0.2, -0.15) is 0 Å². The molecule has 1 atom stereocenters. The molecule has 0 spiro atoms. The van der Waals surface area contributed by atoms with Gasteiger partial charge < -0.3 is 0 Å². The molecule has 1 aromatic carbocycles. The number of hydrogen-bond acceptors (Lipinski definition) is 3. The van der Waals surface area contributed by atoms with Crippen LogP contribution in [0.5, 0.6) is 0 Å². The lowest BCUT2D eigenvalue weighted by Gasteiger charge is -2.38. The van der Waals surface area contributed by atoms with Crippen molar-refractivity contribution in [3.05, 3.63) is 35.9 Å². The highest BCUT2D eigenvalue weighted by Gasteiger charge is 2.39. The summed E-state index contributed by atoms with van der Waals surface area (Å²) in [4.78, 5) is 0. The molecule has 1 unspecified atom stereocenters. The summed E-state index contributed by atoms with van der Waals surface area (Å²) in [6, 6.07) is 11.1. The van der Waals surface area contributed by atoms with Gasteiger partial charge in [0.15, 0.2) is 0 Å². The lowest BCUT2D eigenvalue weighted by Crippen LogP contribution is -2.31. The Labute approximate surface area is 108 Å². The molecule has 1 aromatic rings. The Kier molecular flexibility index (Phi) is 4.57. The summed E-state index contributed by atoms with van der Waals surface area (Å²) in [6.07, 6.45) is 3.09. The normalized spacial score (nSPS) is 22.0. The van der Waals surface area contributed by atoms with Crippen LogP contribution in [0.4, 0.5) is 0 Å². The average molecular weight is 268 g/mol. The van der Waals surface area contributed by atoms with E-state index in [0.717, 1.165) is 31.4 Å². The van der Waals surface area contributed by atoms with E-state index >= 15 is 0 Å². The van der Waals surface area contributed by atoms with E-state index in [1.807, 2.05) is 28.9 Å². The SMILES string of the molecule is COP(=O)(OC)N1CCCCC1c1[c]cccc1. The second-order valence-electron chi connectivity index (χ2n) is 4.33. The first-order valence-electron chi connectivity index (χ1n) is 6.16. The van der Waals surface area contributed by atoms with Crippen LogP contribution in [-0.4, -0.2) is 25.4 Å². The summed E-state index contributed by atoms with van der Waals surface area (Å²) in [6.45, 7) is 0.729. The summed E-state index contributed by atoms with van der Waals surface area (Å²) in [5.41, 5.74) is 1.05. The fourth-order valence-corrected chi connectivity index (χ4v) is 3.96. The monoisotopic (exact) mass is 268 g/mol. The van der Waals surface area contributed by atoms with Gasteiger partial charge in [0.1, 0.15) is 0 Å². The average Bonchev–Trinajstić information content (AvgIpc) is 2.47. The Morgan fingerprint density at radius 1 is 1.33 bits per heavy atom. The highest BCUT2D eigenvalue weighted by atomic mass is 31.2. The van der Waals surface area contributed by atoms with Crippen molar-refractivity contribution in [1.29, 1.82) is 0 Å². The van der Waals surface area contributed by atoms with E-state index in [1.54, 1.807) is 0 Å². The Balaban J connectivity index is 2.29. The molecule has 99 valence electrons. The van der Waals surface area contributed by atoms with E-state index in [4.69, 9.17) is 9.05 Å². The molecule has 0 aliphatic carbocycles. The molecule has 1 aliphatic heterocycles. The van der Waals surface area contributed by atoms with Crippen molar-refractivity contribution >= 4 is 7.75 Å². The maximum Gasteiger partial charge on any atom is 0.408 e. The maximum absolute atomic E-state index is 12.6. The first kappa shape index (κ1) is 13.8. The minimum absolute atomic E-state index is 0.0608. The van der Waals surface area contributed by atoms with Crippen LogP contribution < -0.4 is 0 Å². The molecule has 0 aromatic heterocycles. The van der Waals surface area contributed by atoms with Crippen molar-refractivity contribution in [2.24, 2.45) is 0 Å². The zero-order chi connectivity index (χ0) is 13.0. The van der Waals surface area contributed by atoms with Crippen molar-refractivity contribution in [2.45, 2.75) is 25.3 Å². The van der Waals surface area contributed by atoms with Crippen LogP contribution in [0.3, 0.4) is 0 Å². The molecule has 1 saturated heterocycles. The molecule has 1 radical (unpaired) electrons. The van der Waals surface area contributed by atoms with Crippen molar-refractivity contribution in [1.82, 2.24) is 4.67 Å². The van der Waals surface area contributed by atoms with Gasteiger partial charge in [-0.1, -0.05) is 30.7 Å². The summed E-state index contributed by atoms with van der Waals surface area (Å²) in [5.74, 6) is 0. The van der Waals surface area contributed by atoms with Gasteiger partial charge in [-0.15, -0.1) is 0 Å². The smallest absolute Gasteiger partial charge is 0.300 e. The van der Waals surface area contributed by atoms with Crippen molar-refractivity contribution in [3.63, 3.8) is 0 Å².